The van der Waals surface area contributed by atoms with Crippen molar-refractivity contribution in [3.63, 3.8) is 0 Å². The van der Waals surface area contributed by atoms with Crippen LogP contribution in [0.2, 0.25) is 0 Å². The summed E-state index contributed by atoms with van der Waals surface area (Å²) in [6, 6.07) is 8.73. The van der Waals surface area contributed by atoms with Crippen LogP contribution in [0.4, 0.5) is 5.69 Å². The van der Waals surface area contributed by atoms with E-state index in [1.54, 1.807) is 38.5 Å². The number of rotatable bonds is 5. The number of pyridine rings is 1. The van der Waals surface area contributed by atoms with Crippen molar-refractivity contribution in [3.8, 4) is 11.5 Å². The third-order valence-electron chi connectivity index (χ3n) is 2.96. The molecule has 0 aliphatic carbocycles. The number of methoxy groups -OCH3 is 2. The molecule has 0 saturated heterocycles. The van der Waals surface area contributed by atoms with Crippen molar-refractivity contribution >= 4 is 16.5 Å². The summed E-state index contributed by atoms with van der Waals surface area (Å²) < 4.78 is 22.8. The van der Waals surface area contributed by atoms with Gasteiger partial charge in [0, 0.05) is 23.5 Å². The molecular weight excluding hydrogens is 288 g/mol. The average molecular weight is 306 g/mol. The molecule has 0 aliphatic rings. The van der Waals surface area contributed by atoms with Gasteiger partial charge in [0.2, 0.25) is 0 Å². The molecule has 1 unspecified atom stereocenters. The van der Waals surface area contributed by atoms with Gasteiger partial charge in [0.1, 0.15) is 11.5 Å². The first-order valence-corrected chi connectivity index (χ1v) is 7.69. The van der Waals surface area contributed by atoms with Crippen molar-refractivity contribution in [2.45, 2.75) is 17.6 Å². The highest BCUT2D eigenvalue weighted by Crippen LogP contribution is 2.25. The van der Waals surface area contributed by atoms with Gasteiger partial charge in [-0.1, -0.05) is 0 Å². The maximum Gasteiger partial charge on any atom is 0.122 e. The topological polar surface area (TPSA) is 74.4 Å². The van der Waals surface area contributed by atoms with Crippen LogP contribution in [0.1, 0.15) is 11.4 Å². The molecule has 112 valence electrons. The smallest absolute Gasteiger partial charge is 0.122 e. The van der Waals surface area contributed by atoms with E-state index in [0.717, 1.165) is 5.69 Å². The number of hydrogen-bond donors (Lipinski definition) is 1. The highest BCUT2D eigenvalue weighted by atomic mass is 32.2. The normalized spacial score (nSPS) is 12.0. The second kappa shape index (κ2) is 6.58. The minimum atomic E-state index is -1.30. The molecule has 1 heterocycles. The van der Waals surface area contributed by atoms with E-state index in [1.165, 1.54) is 0 Å². The van der Waals surface area contributed by atoms with Crippen LogP contribution in [0.25, 0.3) is 0 Å². The number of nitrogens with two attached hydrogens (primary N) is 1. The molecule has 0 radical (unpaired) electrons. The summed E-state index contributed by atoms with van der Waals surface area (Å²) >= 11 is 0. The molecular formula is C15H18N2O3S. The Morgan fingerprint density at radius 1 is 1.14 bits per heavy atom. The first-order chi connectivity index (χ1) is 10.0. The maximum absolute atomic E-state index is 12.5. The summed E-state index contributed by atoms with van der Waals surface area (Å²) in [6.45, 7) is 1.87. The van der Waals surface area contributed by atoms with E-state index < -0.39 is 10.8 Å². The standard InChI is InChI=1S/C15H18N2O3S/c1-10-6-13(20-3)7-11(17-10)9-21(18)15-8-12(19-2)4-5-14(15)16/h4-8H,9,16H2,1-3H3. The van der Waals surface area contributed by atoms with E-state index in [-0.39, 0.29) is 5.75 Å². The van der Waals surface area contributed by atoms with E-state index in [9.17, 15) is 4.21 Å². The third kappa shape index (κ3) is 3.72. The summed E-state index contributed by atoms with van der Waals surface area (Å²) in [4.78, 5) is 4.93. The van der Waals surface area contributed by atoms with Gasteiger partial charge in [-0.3, -0.25) is 9.19 Å². The lowest BCUT2D eigenvalue weighted by atomic mass is 10.3. The fourth-order valence-corrected chi connectivity index (χ4v) is 3.10. The quantitative estimate of drug-likeness (QED) is 0.858. The molecule has 0 fully saturated rings. The van der Waals surface area contributed by atoms with Crippen molar-refractivity contribution in [2.75, 3.05) is 20.0 Å². The average Bonchev–Trinajstić information content (AvgIpc) is 2.46. The van der Waals surface area contributed by atoms with Crippen LogP contribution >= 0.6 is 0 Å². The molecule has 6 heteroatoms. The van der Waals surface area contributed by atoms with Gasteiger partial charge in [-0.25, -0.2) is 0 Å². The Hall–Kier alpha value is -2.08. The van der Waals surface area contributed by atoms with Crippen molar-refractivity contribution in [3.05, 3.63) is 41.7 Å². The van der Waals surface area contributed by atoms with Crippen LogP contribution in [0, 0.1) is 6.92 Å². The Bertz CT molecular complexity index is 674. The van der Waals surface area contributed by atoms with Gasteiger partial charge in [0.05, 0.1) is 41.4 Å². The fourth-order valence-electron chi connectivity index (χ4n) is 1.95. The third-order valence-corrected chi connectivity index (χ3v) is 4.36. The molecule has 21 heavy (non-hydrogen) atoms. The van der Waals surface area contributed by atoms with Crippen LogP contribution in [-0.2, 0) is 16.6 Å². The maximum atomic E-state index is 12.5. The number of aryl methyl sites for hydroxylation is 1. The van der Waals surface area contributed by atoms with Gasteiger partial charge in [-0.2, -0.15) is 0 Å². The molecule has 1 atom stereocenters. The minimum absolute atomic E-state index is 0.273. The van der Waals surface area contributed by atoms with Crippen molar-refractivity contribution in [1.82, 2.24) is 4.98 Å². The van der Waals surface area contributed by atoms with Gasteiger partial charge < -0.3 is 15.2 Å². The van der Waals surface area contributed by atoms with Crippen molar-refractivity contribution in [1.29, 1.82) is 0 Å². The highest BCUT2D eigenvalue weighted by molar-refractivity contribution is 7.84. The van der Waals surface area contributed by atoms with Gasteiger partial charge in [-0.05, 0) is 25.1 Å². The van der Waals surface area contributed by atoms with E-state index in [1.807, 2.05) is 13.0 Å². The zero-order valence-corrected chi connectivity index (χ0v) is 13.1. The van der Waals surface area contributed by atoms with Crippen LogP contribution < -0.4 is 15.2 Å². The van der Waals surface area contributed by atoms with E-state index in [4.69, 9.17) is 15.2 Å². The lowest BCUT2D eigenvalue weighted by Gasteiger charge is -2.09. The van der Waals surface area contributed by atoms with Gasteiger partial charge in [-0.15, -0.1) is 0 Å². The first kappa shape index (κ1) is 15.3. The highest BCUT2D eigenvalue weighted by Gasteiger charge is 2.12. The predicted molar refractivity (Wildman–Crippen MR) is 83.0 cm³/mol. The number of nitrogens with zero attached hydrogens (tertiary/aromatic N) is 1. The Morgan fingerprint density at radius 2 is 1.86 bits per heavy atom. The molecule has 0 bridgehead atoms. The van der Waals surface area contributed by atoms with E-state index in [2.05, 4.69) is 4.98 Å². The molecule has 2 rings (SSSR count). The van der Waals surface area contributed by atoms with E-state index in [0.29, 0.717) is 27.8 Å². The largest absolute Gasteiger partial charge is 0.497 e. The number of aromatic nitrogens is 1. The summed E-state index contributed by atoms with van der Waals surface area (Å²) in [5, 5.41) is 0. The van der Waals surface area contributed by atoms with Crippen LogP contribution in [-0.4, -0.2) is 23.4 Å². The molecule has 1 aromatic heterocycles. The van der Waals surface area contributed by atoms with Gasteiger partial charge in [0.25, 0.3) is 0 Å². The van der Waals surface area contributed by atoms with Crippen LogP contribution in [0.15, 0.2) is 35.2 Å². The SMILES string of the molecule is COc1cc(C)nc(CS(=O)c2cc(OC)ccc2N)c1. The van der Waals surface area contributed by atoms with Crippen LogP contribution in [0.5, 0.6) is 11.5 Å². The molecule has 0 saturated carbocycles. The van der Waals surface area contributed by atoms with Crippen LogP contribution in [0.3, 0.4) is 0 Å². The lowest BCUT2D eigenvalue weighted by molar-refractivity contribution is 0.413. The number of benzene rings is 1. The summed E-state index contributed by atoms with van der Waals surface area (Å²) in [7, 11) is 1.85. The predicted octanol–water partition coefficient (Wildman–Crippen LogP) is 2.30. The second-order valence-electron chi connectivity index (χ2n) is 4.53. The number of hydrogen-bond acceptors (Lipinski definition) is 5. The summed E-state index contributed by atoms with van der Waals surface area (Å²) in [5.41, 5.74) is 7.89. The van der Waals surface area contributed by atoms with E-state index >= 15 is 0 Å². The zero-order valence-electron chi connectivity index (χ0n) is 12.3. The fraction of sp³-hybridized carbons (Fsp3) is 0.267. The number of nitrogen functional groups attached to an aromatic ring is 1. The second-order valence-corrected chi connectivity index (χ2v) is 5.95. The Labute approximate surface area is 126 Å². The van der Waals surface area contributed by atoms with Gasteiger partial charge in [0.15, 0.2) is 0 Å². The van der Waals surface area contributed by atoms with Gasteiger partial charge >= 0.3 is 0 Å². The first-order valence-electron chi connectivity index (χ1n) is 6.37. The molecule has 0 aliphatic heterocycles. The molecule has 5 nitrogen and oxygen atoms in total. The van der Waals surface area contributed by atoms with Crippen molar-refractivity contribution < 1.29 is 13.7 Å². The molecule has 2 N–H and O–H groups in total. The Balaban J connectivity index is 2.27. The summed E-state index contributed by atoms with van der Waals surface area (Å²) in [6.07, 6.45) is 0. The summed E-state index contributed by atoms with van der Waals surface area (Å²) in [5.74, 6) is 1.60. The van der Waals surface area contributed by atoms with Crippen molar-refractivity contribution in [2.24, 2.45) is 0 Å². The Morgan fingerprint density at radius 3 is 2.52 bits per heavy atom. The Kier molecular flexibility index (Phi) is 4.80. The number of anilines is 1. The molecule has 1 aromatic carbocycles. The monoisotopic (exact) mass is 306 g/mol. The zero-order chi connectivity index (χ0) is 15.4. The molecule has 0 amide bonds. The molecule has 2 aromatic rings. The molecule has 0 spiro atoms. The lowest BCUT2D eigenvalue weighted by Crippen LogP contribution is -2.04. The number of ether oxygens (including phenoxy) is 2. The minimum Gasteiger partial charge on any atom is -0.497 e.